The molecule has 6 heteroatoms. The van der Waals surface area contributed by atoms with Gasteiger partial charge < -0.3 is 24.3 Å². The first-order valence-corrected chi connectivity index (χ1v) is 6.48. The van der Waals surface area contributed by atoms with Gasteiger partial charge in [0.05, 0.1) is 14.2 Å². The molecule has 1 amide bonds. The molecule has 1 rings (SSSR count). The molecule has 1 unspecified atom stereocenters. The average Bonchev–Trinajstić information content (AvgIpc) is 2.41. The summed E-state index contributed by atoms with van der Waals surface area (Å²) in [6.07, 6.45) is -0.0641. The fraction of sp³-hybridized carbons (Fsp3) is 0.467. The largest absolute Gasteiger partial charge is 0.493 e. The van der Waals surface area contributed by atoms with Crippen molar-refractivity contribution >= 4 is 12.4 Å². The number of benzene rings is 1. The summed E-state index contributed by atoms with van der Waals surface area (Å²) < 4.78 is 15.6. The summed E-state index contributed by atoms with van der Waals surface area (Å²) in [4.78, 5) is 23.1. The van der Waals surface area contributed by atoms with Crippen molar-refractivity contribution in [3.05, 3.63) is 23.8 Å². The monoisotopic (exact) mass is 295 g/mol. The topological polar surface area (TPSA) is 73.9 Å². The van der Waals surface area contributed by atoms with E-state index < -0.39 is 17.7 Å². The zero-order valence-corrected chi connectivity index (χ0v) is 12.9. The highest BCUT2D eigenvalue weighted by Crippen LogP contribution is 2.34. The second-order valence-corrected chi connectivity index (χ2v) is 5.34. The van der Waals surface area contributed by atoms with E-state index in [4.69, 9.17) is 14.2 Å². The lowest BCUT2D eigenvalue weighted by molar-refractivity contribution is -0.109. The zero-order valence-electron chi connectivity index (χ0n) is 12.9. The van der Waals surface area contributed by atoms with Crippen LogP contribution in [0.3, 0.4) is 0 Å². The molecule has 6 nitrogen and oxygen atoms in total. The van der Waals surface area contributed by atoms with Gasteiger partial charge in [0.15, 0.2) is 11.5 Å². The van der Waals surface area contributed by atoms with Gasteiger partial charge in [-0.3, -0.25) is 0 Å². The van der Waals surface area contributed by atoms with Crippen LogP contribution in [-0.2, 0) is 9.53 Å². The van der Waals surface area contributed by atoms with E-state index in [0.29, 0.717) is 23.3 Å². The predicted molar refractivity (Wildman–Crippen MR) is 77.7 cm³/mol. The highest BCUT2D eigenvalue weighted by atomic mass is 16.6. The van der Waals surface area contributed by atoms with Gasteiger partial charge in [0.1, 0.15) is 17.9 Å². The second-order valence-electron chi connectivity index (χ2n) is 5.34. The Balaban J connectivity index is 3.00. The number of methoxy groups -OCH3 is 2. The van der Waals surface area contributed by atoms with E-state index in [2.05, 4.69) is 5.32 Å². The maximum atomic E-state index is 11.8. The quantitative estimate of drug-likeness (QED) is 0.845. The van der Waals surface area contributed by atoms with Crippen molar-refractivity contribution < 1.29 is 23.8 Å². The lowest BCUT2D eigenvalue weighted by Gasteiger charge is -2.22. The van der Waals surface area contributed by atoms with E-state index in [0.717, 1.165) is 0 Å². The van der Waals surface area contributed by atoms with Crippen molar-refractivity contribution in [3.63, 3.8) is 0 Å². The predicted octanol–water partition coefficient (Wildman–Crippen LogP) is 2.47. The van der Waals surface area contributed by atoms with E-state index >= 15 is 0 Å². The Bertz CT molecular complexity index is 507. The third-order valence-electron chi connectivity index (χ3n) is 2.58. The van der Waals surface area contributed by atoms with Crippen molar-refractivity contribution in [2.24, 2.45) is 0 Å². The molecule has 1 atom stereocenters. The zero-order chi connectivity index (χ0) is 16.0. The van der Waals surface area contributed by atoms with Gasteiger partial charge in [-0.05, 0) is 26.8 Å². The molecule has 0 radical (unpaired) electrons. The summed E-state index contributed by atoms with van der Waals surface area (Å²) >= 11 is 0. The molecule has 0 aliphatic rings. The first-order valence-electron chi connectivity index (χ1n) is 6.48. The van der Waals surface area contributed by atoms with Gasteiger partial charge in [-0.15, -0.1) is 0 Å². The number of para-hydroxylation sites is 1. The molecule has 116 valence electrons. The molecule has 1 aromatic rings. The smallest absolute Gasteiger partial charge is 0.408 e. The molecule has 0 bridgehead atoms. The van der Waals surface area contributed by atoms with Crippen molar-refractivity contribution in [3.8, 4) is 11.5 Å². The number of carbonyl (C=O) groups is 2. The minimum atomic E-state index is -0.884. The third-order valence-corrected chi connectivity index (χ3v) is 2.58. The number of nitrogens with one attached hydrogen (secondary N) is 1. The van der Waals surface area contributed by atoms with Gasteiger partial charge in [0, 0.05) is 5.56 Å². The molecule has 0 aromatic heterocycles. The van der Waals surface area contributed by atoms with E-state index in [9.17, 15) is 9.59 Å². The van der Waals surface area contributed by atoms with E-state index in [-0.39, 0.29) is 0 Å². The molecule has 0 aliphatic heterocycles. The van der Waals surface area contributed by atoms with Gasteiger partial charge >= 0.3 is 6.09 Å². The first kappa shape index (κ1) is 16.8. The number of ether oxygens (including phenoxy) is 3. The van der Waals surface area contributed by atoms with E-state index in [1.165, 1.54) is 14.2 Å². The number of rotatable bonds is 5. The van der Waals surface area contributed by atoms with Gasteiger partial charge in [-0.1, -0.05) is 12.1 Å². The number of carbonyl (C=O) groups excluding carboxylic acids is 2. The Kier molecular flexibility index (Phi) is 5.58. The summed E-state index contributed by atoms with van der Waals surface area (Å²) in [5.74, 6) is 0.876. The minimum absolute atomic E-state index is 0.396. The van der Waals surface area contributed by atoms with Crippen molar-refractivity contribution in [1.29, 1.82) is 0 Å². The molecule has 0 heterocycles. The molecular formula is C15H21NO5. The maximum Gasteiger partial charge on any atom is 0.408 e. The average molecular weight is 295 g/mol. The Hall–Kier alpha value is -2.24. The number of hydrogen-bond donors (Lipinski definition) is 1. The summed E-state index contributed by atoms with van der Waals surface area (Å²) in [7, 11) is 2.97. The van der Waals surface area contributed by atoms with Gasteiger partial charge in [0.2, 0.25) is 0 Å². The number of aldehydes is 1. The molecule has 0 saturated heterocycles. The molecular weight excluding hydrogens is 274 g/mol. The highest BCUT2D eigenvalue weighted by molar-refractivity contribution is 5.76. The van der Waals surface area contributed by atoms with Crippen LogP contribution in [0.4, 0.5) is 4.79 Å². The van der Waals surface area contributed by atoms with Crippen LogP contribution in [0.1, 0.15) is 32.4 Å². The van der Waals surface area contributed by atoms with Crippen LogP contribution < -0.4 is 14.8 Å². The van der Waals surface area contributed by atoms with Gasteiger partial charge in [-0.2, -0.15) is 0 Å². The summed E-state index contributed by atoms with van der Waals surface area (Å²) in [5, 5.41) is 2.50. The minimum Gasteiger partial charge on any atom is -0.493 e. The number of amides is 1. The van der Waals surface area contributed by atoms with Crippen LogP contribution >= 0.6 is 0 Å². The number of alkyl carbamates (subject to hydrolysis) is 1. The Morgan fingerprint density at radius 3 is 2.38 bits per heavy atom. The first-order chi connectivity index (χ1) is 9.82. The van der Waals surface area contributed by atoms with Crippen LogP contribution in [0.25, 0.3) is 0 Å². The molecule has 21 heavy (non-hydrogen) atoms. The summed E-state index contributed by atoms with van der Waals surface area (Å²) in [5.41, 5.74) is -0.145. The third kappa shape index (κ3) is 4.66. The van der Waals surface area contributed by atoms with Gasteiger partial charge in [0.25, 0.3) is 0 Å². The summed E-state index contributed by atoms with van der Waals surface area (Å²) in [6.45, 7) is 5.23. The Morgan fingerprint density at radius 1 is 1.24 bits per heavy atom. The van der Waals surface area contributed by atoms with Crippen LogP contribution in [-0.4, -0.2) is 32.2 Å². The summed E-state index contributed by atoms with van der Waals surface area (Å²) in [6, 6.07) is 4.21. The van der Waals surface area contributed by atoms with Crippen LogP contribution in [0.5, 0.6) is 11.5 Å². The molecule has 0 aliphatic carbocycles. The van der Waals surface area contributed by atoms with Crippen LogP contribution in [0, 0.1) is 0 Å². The van der Waals surface area contributed by atoms with Gasteiger partial charge in [-0.25, -0.2) is 4.79 Å². The SMILES string of the molecule is COc1cccc(C(C=O)NC(=O)OC(C)(C)C)c1OC. The molecule has 1 N–H and O–H groups in total. The maximum absolute atomic E-state index is 11.8. The van der Waals surface area contributed by atoms with E-state index in [1.54, 1.807) is 39.0 Å². The fourth-order valence-electron chi connectivity index (χ4n) is 1.78. The fourth-order valence-corrected chi connectivity index (χ4v) is 1.78. The van der Waals surface area contributed by atoms with Crippen molar-refractivity contribution in [2.45, 2.75) is 32.4 Å². The van der Waals surface area contributed by atoms with Crippen molar-refractivity contribution in [2.75, 3.05) is 14.2 Å². The van der Waals surface area contributed by atoms with Crippen molar-refractivity contribution in [1.82, 2.24) is 5.32 Å². The molecule has 0 spiro atoms. The second kappa shape index (κ2) is 6.97. The molecule has 0 fully saturated rings. The van der Waals surface area contributed by atoms with Crippen LogP contribution in [0.2, 0.25) is 0 Å². The normalized spacial score (nSPS) is 12.2. The molecule has 1 aromatic carbocycles. The van der Waals surface area contributed by atoms with Crippen LogP contribution in [0.15, 0.2) is 18.2 Å². The lowest BCUT2D eigenvalue weighted by Crippen LogP contribution is -2.35. The number of hydrogen-bond acceptors (Lipinski definition) is 5. The lowest BCUT2D eigenvalue weighted by atomic mass is 10.1. The molecule has 0 saturated carbocycles. The Morgan fingerprint density at radius 2 is 1.90 bits per heavy atom. The van der Waals surface area contributed by atoms with E-state index in [1.807, 2.05) is 0 Å². The standard InChI is InChI=1S/C15H21NO5/c1-15(2,3)21-14(18)16-11(9-17)10-7-6-8-12(19-4)13(10)20-5/h6-9,11H,1-5H3,(H,16,18). The highest BCUT2D eigenvalue weighted by Gasteiger charge is 2.23. The Labute approximate surface area is 124 Å².